The minimum atomic E-state index is -4.78. The van der Waals surface area contributed by atoms with Gasteiger partial charge in [0.05, 0.1) is 0 Å². The standard InChI is InChI=1S/C26H25F3N6O2/c27-26(28,29)37-21-4-1-3-19(15-21)22-5-2-14-35-23(22)33-25(34-35)32-20-8-6-18(7-9-20)24(36)31-16-17-10-12-30-13-11-17/h1-9,14-15,17,30H,10-13,16H2,(H,31,36)(H,32,34). The summed E-state index contributed by atoms with van der Waals surface area (Å²) in [5.74, 6) is 0.372. The number of aromatic nitrogens is 3. The number of alkyl halides is 3. The van der Waals surface area contributed by atoms with E-state index in [2.05, 4.69) is 30.8 Å². The number of pyridine rings is 1. The van der Waals surface area contributed by atoms with E-state index >= 15 is 0 Å². The number of halogens is 3. The van der Waals surface area contributed by atoms with E-state index in [0.29, 0.717) is 46.4 Å². The topological polar surface area (TPSA) is 92.6 Å². The van der Waals surface area contributed by atoms with Gasteiger partial charge < -0.3 is 20.7 Å². The van der Waals surface area contributed by atoms with Crippen LogP contribution in [0.3, 0.4) is 0 Å². The molecule has 0 spiro atoms. The normalized spacial score (nSPS) is 14.5. The average molecular weight is 511 g/mol. The molecule has 0 unspecified atom stereocenters. The first-order valence-corrected chi connectivity index (χ1v) is 11.9. The summed E-state index contributed by atoms with van der Waals surface area (Å²) < 4.78 is 43.5. The fourth-order valence-electron chi connectivity index (χ4n) is 4.30. The molecule has 1 fully saturated rings. The molecule has 0 bridgehead atoms. The number of fused-ring (bicyclic) bond motifs is 1. The zero-order valence-electron chi connectivity index (χ0n) is 19.8. The van der Waals surface area contributed by atoms with Crippen molar-refractivity contribution >= 4 is 23.2 Å². The Morgan fingerprint density at radius 3 is 2.62 bits per heavy atom. The van der Waals surface area contributed by atoms with Crippen LogP contribution in [0.1, 0.15) is 23.2 Å². The Morgan fingerprint density at radius 2 is 1.86 bits per heavy atom. The largest absolute Gasteiger partial charge is 0.573 e. The molecule has 2 aromatic carbocycles. The number of carbonyl (C=O) groups excluding carboxylic acids is 1. The van der Waals surface area contributed by atoms with Crippen LogP contribution < -0.4 is 20.7 Å². The molecule has 0 atom stereocenters. The van der Waals surface area contributed by atoms with Crippen molar-refractivity contribution < 1.29 is 22.7 Å². The average Bonchev–Trinajstić information content (AvgIpc) is 3.30. The Kier molecular flexibility index (Phi) is 6.95. The van der Waals surface area contributed by atoms with Crippen LogP contribution in [0.25, 0.3) is 16.8 Å². The predicted molar refractivity (Wildman–Crippen MR) is 133 cm³/mol. The van der Waals surface area contributed by atoms with E-state index < -0.39 is 6.36 Å². The van der Waals surface area contributed by atoms with Gasteiger partial charge in [-0.15, -0.1) is 18.3 Å². The number of rotatable bonds is 7. The highest BCUT2D eigenvalue weighted by Crippen LogP contribution is 2.30. The van der Waals surface area contributed by atoms with Gasteiger partial charge in [0.2, 0.25) is 5.95 Å². The first-order chi connectivity index (χ1) is 17.8. The minimum absolute atomic E-state index is 0.114. The maximum absolute atomic E-state index is 12.6. The molecular formula is C26H25F3N6O2. The van der Waals surface area contributed by atoms with Gasteiger partial charge in [-0.25, -0.2) is 4.52 Å². The van der Waals surface area contributed by atoms with Crippen molar-refractivity contribution in [2.24, 2.45) is 5.92 Å². The Balaban J connectivity index is 1.28. The molecule has 8 nitrogen and oxygen atoms in total. The highest BCUT2D eigenvalue weighted by Gasteiger charge is 2.31. The highest BCUT2D eigenvalue weighted by molar-refractivity contribution is 5.94. The van der Waals surface area contributed by atoms with Gasteiger partial charge in [0.15, 0.2) is 5.65 Å². The second-order valence-corrected chi connectivity index (χ2v) is 8.81. The summed E-state index contributed by atoms with van der Waals surface area (Å²) >= 11 is 0. The summed E-state index contributed by atoms with van der Waals surface area (Å²) in [6.45, 7) is 2.63. The predicted octanol–water partition coefficient (Wildman–Crippen LogP) is 4.77. The van der Waals surface area contributed by atoms with E-state index in [4.69, 9.17) is 0 Å². The van der Waals surface area contributed by atoms with E-state index in [0.717, 1.165) is 25.9 Å². The molecule has 3 N–H and O–H groups in total. The number of hydrogen-bond donors (Lipinski definition) is 3. The Hall–Kier alpha value is -4.12. The molecule has 5 rings (SSSR count). The number of carbonyl (C=O) groups is 1. The Bertz CT molecular complexity index is 1380. The molecule has 4 aromatic rings. The summed E-state index contributed by atoms with van der Waals surface area (Å²) in [5, 5.41) is 13.8. The third-order valence-electron chi connectivity index (χ3n) is 6.15. The SMILES string of the molecule is O=C(NCC1CCNCC1)c1ccc(Nc2nc3c(-c4cccc(OC(F)(F)F)c4)cccn3n2)cc1. The third-order valence-corrected chi connectivity index (χ3v) is 6.15. The van der Waals surface area contributed by atoms with E-state index in [-0.39, 0.29) is 11.7 Å². The summed E-state index contributed by atoms with van der Waals surface area (Å²) in [6, 6.07) is 16.2. The zero-order valence-corrected chi connectivity index (χ0v) is 19.8. The van der Waals surface area contributed by atoms with Crippen LogP contribution in [0.4, 0.5) is 24.8 Å². The van der Waals surface area contributed by atoms with Crippen molar-refractivity contribution in [3.05, 3.63) is 72.4 Å². The number of nitrogens with one attached hydrogen (secondary N) is 3. The number of hydrogen-bond acceptors (Lipinski definition) is 6. The lowest BCUT2D eigenvalue weighted by Crippen LogP contribution is -2.35. The molecule has 1 saturated heterocycles. The monoisotopic (exact) mass is 510 g/mol. The Labute approximate surface area is 210 Å². The van der Waals surface area contributed by atoms with Crippen LogP contribution in [0.2, 0.25) is 0 Å². The van der Waals surface area contributed by atoms with Gasteiger partial charge in [0.1, 0.15) is 5.75 Å². The van der Waals surface area contributed by atoms with Gasteiger partial charge in [0, 0.05) is 29.6 Å². The van der Waals surface area contributed by atoms with Gasteiger partial charge in [0.25, 0.3) is 5.91 Å². The van der Waals surface area contributed by atoms with Crippen LogP contribution in [0.15, 0.2) is 66.9 Å². The number of amides is 1. The first kappa shape index (κ1) is 24.6. The van der Waals surface area contributed by atoms with Crippen molar-refractivity contribution in [1.29, 1.82) is 0 Å². The first-order valence-electron chi connectivity index (χ1n) is 11.9. The van der Waals surface area contributed by atoms with Crippen molar-refractivity contribution in [1.82, 2.24) is 25.2 Å². The van der Waals surface area contributed by atoms with Gasteiger partial charge in [-0.05, 0) is 85.9 Å². The van der Waals surface area contributed by atoms with Crippen LogP contribution in [-0.2, 0) is 0 Å². The summed E-state index contributed by atoms with van der Waals surface area (Å²) in [6.07, 6.45) is -0.962. The van der Waals surface area contributed by atoms with Crippen LogP contribution in [-0.4, -0.2) is 46.5 Å². The fourth-order valence-corrected chi connectivity index (χ4v) is 4.30. The van der Waals surface area contributed by atoms with Crippen LogP contribution in [0.5, 0.6) is 5.75 Å². The quantitative estimate of drug-likeness (QED) is 0.332. The second kappa shape index (κ2) is 10.5. The number of ether oxygens (including phenoxy) is 1. The lowest BCUT2D eigenvalue weighted by molar-refractivity contribution is -0.274. The molecule has 11 heteroatoms. The summed E-state index contributed by atoms with van der Waals surface area (Å²) in [7, 11) is 0. The summed E-state index contributed by atoms with van der Waals surface area (Å²) in [5.41, 5.74) is 2.81. The molecule has 37 heavy (non-hydrogen) atoms. The molecular weight excluding hydrogens is 485 g/mol. The van der Waals surface area contributed by atoms with Crippen LogP contribution in [0, 0.1) is 5.92 Å². The van der Waals surface area contributed by atoms with E-state index in [1.807, 2.05) is 0 Å². The molecule has 192 valence electrons. The molecule has 1 aliphatic rings. The lowest BCUT2D eigenvalue weighted by Gasteiger charge is -2.22. The second-order valence-electron chi connectivity index (χ2n) is 8.81. The highest BCUT2D eigenvalue weighted by atomic mass is 19.4. The molecule has 0 saturated carbocycles. The smallest absolute Gasteiger partial charge is 0.406 e. The van der Waals surface area contributed by atoms with Crippen molar-refractivity contribution in [2.75, 3.05) is 25.0 Å². The van der Waals surface area contributed by atoms with Crippen LogP contribution >= 0.6 is 0 Å². The number of nitrogens with zero attached hydrogens (tertiary/aromatic N) is 3. The third kappa shape index (κ3) is 6.18. The van der Waals surface area contributed by atoms with Gasteiger partial charge >= 0.3 is 6.36 Å². The van der Waals surface area contributed by atoms with E-state index in [1.54, 1.807) is 48.7 Å². The zero-order chi connectivity index (χ0) is 25.8. The molecule has 3 heterocycles. The Morgan fingerprint density at radius 1 is 1.08 bits per heavy atom. The lowest BCUT2D eigenvalue weighted by atomic mass is 9.98. The maximum atomic E-state index is 12.6. The summed E-state index contributed by atoms with van der Waals surface area (Å²) in [4.78, 5) is 17.0. The van der Waals surface area contributed by atoms with E-state index in [1.165, 1.54) is 22.7 Å². The number of anilines is 2. The molecule has 1 amide bonds. The molecule has 0 aliphatic carbocycles. The van der Waals surface area contributed by atoms with Crippen molar-refractivity contribution in [2.45, 2.75) is 19.2 Å². The van der Waals surface area contributed by atoms with E-state index in [9.17, 15) is 18.0 Å². The number of piperidine rings is 1. The fraction of sp³-hybridized carbons (Fsp3) is 0.269. The minimum Gasteiger partial charge on any atom is -0.406 e. The molecule has 2 aromatic heterocycles. The maximum Gasteiger partial charge on any atom is 0.573 e. The van der Waals surface area contributed by atoms with Gasteiger partial charge in [-0.3, -0.25) is 4.79 Å². The molecule has 0 radical (unpaired) electrons. The molecule has 1 aliphatic heterocycles. The van der Waals surface area contributed by atoms with Crippen molar-refractivity contribution in [3.63, 3.8) is 0 Å². The van der Waals surface area contributed by atoms with Gasteiger partial charge in [-0.1, -0.05) is 12.1 Å². The number of benzene rings is 2. The van der Waals surface area contributed by atoms with Gasteiger partial charge in [-0.2, -0.15) is 4.98 Å². The van der Waals surface area contributed by atoms with Crippen molar-refractivity contribution in [3.8, 4) is 16.9 Å².